The van der Waals surface area contributed by atoms with Crippen LogP contribution >= 0.6 is 11.6 Å². The zero-order valence-corrected chi connectivity index (χ0v) is 19.4. The van der Waals surface area contributed by atoms with Crippen LogP contribution in [0, 0.1) is 5.82 Å². The molecule has 180 valence electrons. The van der Waals surface area contributed by atoms with E-state index in [2.05, 4.69) is 21.2 Å². The molecule has 3 aromatic carbocycles. The Morgan fingerprint density at radius 2 is 1.80 bits per heavy atom. The minimum absolute atomic E-state index is 0.106. The van der Waals surface area contributed by atoms with Crippen LogP contribution in [0.3, 0.4) is 0 Å². The van der Waals surface area contributed by atoms with E-state index in [1.165, 1.54) is 18.3 Å². The summed E-state index contributed by atoms with van der Waals surface area (Å²) in [7, 11) is 0. The smallest absolute Gasteiger partial charge is 0.329 e. The molecule has 3 N–H and O–H groups in total. The minimum atomic E-state index is -0.919. The molecule has 0 spiro atoms. The van der Waals surface area contributed by atoms with Gasteiger partial charge in [-0.05, 0) is 53.9 Å². The van der Waals surface area contributed by atoms with Gasteiger partial charge in [-0.1, -0.05) is 48.9 Å². The SMILES string of the molecule is CCc1ccccc1NC(=O)C(=O)N/N=C\c1cccc(OCC(=O)Nc2ccc(F)c(Cl)c2)c1. The number of nitrogens with zero attached hydrogens (tertiary/aromatic N) is 1. The van der Waals surface area contributed by atoms with Gasteiger partial charge in [0.05, 0.1) is 11.2 Å². The Morgan fingerprint density at radius 1 is 1.00 bits per heavy atom. The van der Waals surface area contributed by atoms with E-state index in [0.717, 1.165) is 11.6 Å². The summed E-state index contributed by atoms with van der Waals surface area (Å²) in [5.41, 5.74) is 4.54. The third kappa shape index (κ3) is 7.65. The van der Waals surface area contributed by atoms with Gasteiger partial charge in [0, 0.05) is 11.4 Å². The molecule has 8 nitrogen and oxygen atoms in total. The Bertz CT molecular complexity index is 1270. The quantitative estimate of drug-likeness (QED) is 0.247. The van der Waals surface area contributed by atoms with E-state index in [0.29, 0.717) is 29.1 Å². The molecular formula is C25H22ClFN4O4. The summed E-state index contributed by atoms with van der Waals surface area (Å²) < 4.78 is 18.7. The van der Waals surface area contributed by atoms with Gasteiger partial charge in [-0.3, -0.25) is 14.4 Å². The van der Waals surface area contributed by atoms with Gasteiger partial charge >= 0.3 is 11.8 Å². The predicted molar refractivity (Wildman–Crippen MR) is 132 cm³/mol. The van der Waals surface area contributed by atoms with Crippen LogP contribution in [-0.4, -0.2) is 30.5 Å². The van der Waals surface area contributed by atoms with Crippen molar-refractivity contribution < 1.29 is 23.5 Å². The first-order valence-corrected chi connectivity index (χ1v) is 10.9. The fourth-order valence-corrected chi connectivity index (χ4v) is 3.13. The Balaban J connectivity index is 1.49. The number of aryl methyl sites for hydroxylation is 1. The fraction of sp³-hybridized carbons (Fsp3) is 0.120. The lowest BCUT2D eigenvalue weighted by Gasteiger charge is -2.09. The first-order chi connectivity index (χ1) is 16.9. The lowest BCUT2D eigenvalue weighted by Crippen LogP contribution is -2.32. The molecule has 10 heteroatoms. The van der Waals surface area contributed by atoms with Gasteiger partial charge in [-0.15, -0.1) is 0 Å². The van der Waals surface area contributed by atoms with Crippen LogP contribution in [-0.2, 0) is 20.8 Å². The molecule has 35 heavy (non-hydrogen) atoms. The molecule has 3 aromatic rings. The molecule has 0 aliphatic carbocycles. The standard InChI is InChI=1S/C25H22ClFN4O4/c1-2-17-7-3-4-9-22(17)30-24(33)25(34)31-28-14-16-6-5-8-19(12-16)35-15-23(32)29-18-10-11-21(27)20(26)13-18/h3-14H,2,15H2,1H3,(H,29,32)(H,30,33)(H,31,34)/b28-14-. The number of benzene rings is 3. The van der Waals surface area contributed by atoms with E-state index in [9.17, 15) is 18.8 Å². The maximum Gasteiger partial charge on any atom is 0.329 e. The van der Waals surface area contributed by atoms with E-state index in [4.69, 9.17) is 16.3 Å². The number of hydrogen-bond acceptors (Lipinski definition) is 5. The number of amides is 3. The average Bonchev–Trinajstić information content (AvgIpc) is 2.85. The molecule has 0 aromatic heterocycles. The number of carbonyl (C=O) groups is 3. The van der Waals surface area contributed by atoms with Gasteiger partial charge in [0.1, 0.15) is 11.6 Å². The Hall–Kier alpha value is -4.24. The highest BCUT2D eigenvalue weighted by atomic mass is 35.5. The molecule has 0 bridgehead atoms. The molecular weight excluding hydrogens is 475 g/mol. The van der Waals surface area contributed by atoms with Crippen LogP contribution in [0.1, 0.15) is 18.1 Å². The molecule has 0 saturated heterocycles. The summed E-state index contributed by atoms with van der Waals surface area (Å²) in [6.45, 7) is 1.65. The fourth-order valence-electron chi connectivity index (χ4n) is 2.95. The van der Waals surface area contributed by atoms with E-state index in [1.54, 1.807) is 36.4 Å². The highest BCUT2D eigenvalue weighted by Crippen LogP contribution is 2.19. The van der Waals surface area contributed by atoms with Gasteiger partial charge in [0.15, 0.2) is 6.61 Å². The van der Waals surface area contributed by atoms with E-state index in [1.807, 2.05) is 19.1 Å². The number of rotatable bonds is 8. The molecule has 0 aliphatic rings. The summed E-state index contributed by atoms with van der Waals surface area (Å²) in [6.07, 6.45) is 2.04. The second-order valence-electron chi connectivity index (χ2n) is 7.20. The third-order valence-corrected chi connectivity index (χ3v) is 4.95. The maximum atomic E-state index is 13.2. The van der Waals surface area contributed by atoms with Crippen LogP contribution in [0.5, 0.6) is 5.75 Å². The normalized spacial score (nSPS) is 10.6. The average molecular weight is 497 g/mol. The van der Waals surface area contributed by atoms with Crippen molar-refractivity contribution in [3.63, 3.8) is 0 Å². The predicted octanol–water partition coefficient (Wildman–Crippen LogP) is 4.15. The minimum Gasteiger partial charge on any atom is -0.484 e. The van der Waals surface area contributed by atoms with Crippen molar-refractivity contribution in [2.75, 3.05) is 17.2 Å². The molecule has 0 atom stereocenters. The Labute approximate surface area is 206 Å². The molecule has 3 rings (SSSR count). The highest BCUT2D eigenvalue weighted by Gasteiger charge is 2.14. The monoisotopic (exact) mass is 496 g/mol. The number of ether oxygens (including phenoxy) is 1. The molecule has 0 aliphatic heterocycles. The van der Waals surface area contributed by atoms with Gasteiger partial charge in [0.2, 0.25) is 0 Å². The summed E-state index contributed by atoms with van der Waals surface area (Å²) >= 11 is 5.70. The number of anilines is 2. The van der Waals surface area contributed by atoms with E-state index >= 15 is 0 Å². The molecule has 0 fully saturated rings. The number of nitrogens with one attached hydrogen (secondary N) is 3. The first kappa shape index (κ1) is 25.4. The van der Waals surface area contributed by atoms with Gasteiger partial charge in [0.25, 0.3) is 5.91 Å². The summed E-state index contributed by atoms with van der Waals surface area (Å²) in [6, 6.07) is 17.6. The number of hydrazone groups is 1. The highest BCUT2D eigenvalue weighted by molar-refractivity contribution is 6.39. The van der Waals surface area contributed by atoms with E-state index < -0.39 is 23.5 Å². The van der Waals surface area contributed by atoms with Crippen LogP contribution < -0.4 is 20.8 Å². The molecule has 0 heterocycles. The zero-order chi connectivity index (χ0) is 25.2. The summed E-state index contributed by atoms with van der Waals surface area (Å²) in [5.74, 6) is -2.43. The number of hydrogen-bond donors (Lipinski definition) is 3. The summed E-state index contributed by atoms with van der Waals surface area (Å²) in [5, 5.41) is 8.80. The number of para-hydroxylation sites is 1. The third-order valence-electron chi connectivity index (χ3n) is 4.66. The Kier molecular flexibility index (Phi) is 8.91. The second kappa shape index (κ2) is 12.3. The van der Waals surface area contributed by atoms with Crippen molar-refractivity contribution in [1.29, 1.82) is 0 Å². The van der Waals surface area contributed by atoms with Crippen molar-refractivity contribution in [2.45, 2.75) is 13.3 Å². The van der Waals surface area contributed by atoms with Crippen LogP contribution in [0.2, 0.25) is 5.02 Å². The van der Waals surface area contributed by atoms with Crippen LogP contribution in [0.25, 0.3) is 0 Å². The van der Waals surface area contributed by atoms with Gasteiger partial charge in [-0.2, -0.15) is 5.10 Å². The van der Waals surface area contributed by atoms with Crippen molar-refractivity contribution in [3.8, 4) is 5.75 Å². The lowest BCUT2D eigenvalue weighted by atomic mass is 10.1. The molecule has 3 amide bonds. The lowest BCUT2D eigenvalue weighted by molar-refractivity contribution is -0.136. The van der Waals surface area contributed by atoms with Crippen molar-refractivity contribution in [2.24, 2.45) is 5.10 Å². The molecule has 0 unspecified atom stereocenters. The summed E-state index contributed by atoms with van der Waals surface area (Å²) in [4.78, 5) is 36.2. The number of halogens is 2. The van der Waals surface area contributed by atoms with Crippen molar-refractivity contribution in [1.82, 2.24) is 5.43 Å². The van der Waals surface area contributed by atoms with Gasteiger partial charge < -0.3 is 15.4 Å². The van der Waals surface area contributed by atoms with E-state index in [-0.39, 0.29) is 11.6 Å². The number of carbonyl (C=O) groups excluding carboxylic acids is 3. The van der Waals surface area contributed by atoms with Crippen molar-refractivity contribution >= 4 is 46.9 Å². The Morgan fingerprint density at radius 3 is 2.57 bits per heavy atom. The van der Waals surface area contributed by atoms with Gasteiger partial charge in [-0.25, -0.2) is 9.82 Å². The van der Waals surface area contributed by atoms with Crippen LogP contribution in [0.4, 0.5) is 15.8 Å². The van der Waals surface area contributed by atoms with Crippen LogP contribution in [0.15, 0.2) is 71.8 Å². The molecule has 0 saturated carbocycles. The maximum absolute atomic E-state index is 13.2. The molecule has 0 radical (unpaired) electrons. The zero-order valence-electron chi connectivity index (χ0n) is 18.7. The topological polar surface area (TPSA) is 109 Å². The van der Waals surface area contributed by atoms with Crippen molar-refractivity contribution in [3.05, 3.63) is 88.7 Å². The second-order valence-corrected chi connectivity index (χ2v) is 7.61. The largest absolute Gasteiger partial charge is 0.484 e. The first-order valence-electron chi connectivity index (χ1n) is 10.6.